The Balaban J connectivity index is 1.22. The smallest absolute Gasteiger partial charge is 0.309 e. The van der Waals surface area contributed by atoms with Crippen LogP contribution >= 0.6 is 0 Å². The lowest BCUT2D eigenvalue weighted by atomic mass is 9.94. The van der Waals surface area contributed by atoms with Crippen molar-refractivity contribution in [2.45, 2.75) is 12.4 Å². The molecule has 11 aromatic rings. The number of aromatic nitrogens is 2. The highest BCUT2D eigenvalue weighted by atomic mass is 19.4. The maximum atomic E-state index is 14.4. The van der Waals surface area contributed by atoms with Gasteiger partial charge < -0.3 is 9.13 Å². The third kappa shape index (κ3) is 7.18. The number of hydrogen-bond donors (Lipinski definition) is 0. The van der Waals surface area contributed by atoms with E-state index in [1.807, 2.05) is 124 Å². The Morgan fingerprint density at radius 1 is 0.329 bits per heavy atom. The second-order valence-corrected chi connectivity index (χ2v) is 16.9. The number of alkyl halides is 6. The quantitative estimate of drug-likeness (QED) is 0.156. The molecule has 9 aromatic carbocycles. The molecule has 334 valence electrons. The summed E-state index contributed by atoms with van der Waals surface area (Å²) in [4.78, 5) is 0. The third-order valence-corrected chi connectivity index (χ3v) is 12.9. The van der Waals surface area contributed by atoms with E-state index in [1.165, 1.54) is 6.07 Å². The normalized spacial score (nSPS) is 11.8. The summed E-state index contributed by atoms with van der Waals surface area (Å²) in [6, 6.07) is 60.1. The van der Waals surface area contributed by atoms with Crippen LogP contribution in [-0.4, -0.2) is 9.13 Å². The van der Waals surface area contributed by atoms with Crippen molar-refractivity contribution in [1.82, 2.24) is 9.13 Å². The molecule has 0 fully saturated rings. The molecule has 0 N–H and O–H groups in total. The molecule has 0 aliphatic heterocycles. The van der Waals surface area contributed by atoms with Gasteiger partial charge in [0.2, 0.25) is 0 Å². The Labute approximate surface area is 395 Å². The summed E-state index contributed by atoms with van der Waals surface area (Å²) in [5, 5.41) is 33.7. The Bertz CT molecular complexity index is 4060. The largest absolute Gasteiger partial charge is 0.416 e. The molecule has 5 nitrogen and oxygen atoms in total. The van der Waals surface area contributed by atoms with Crippen molar-refractivity contribution in [3.8, 4) is 74.1 Å². The van der Waals surface area contributed by atoms with Crippen LogP contribution in [0.15, 0.2) is 188 Å². The summed E-state index contributed by atoms with van der Waals surface area (Å²) in [5.41, 5.74) is 6.44. The van der Waals surface area contributed by atoms with Crippen molar-refractivity contribution in [3.05, 3.63) is 216 Å². The van der Waals surface area contributed by atoms with E-state index in [0.717, 1.165) is 61.4 Å². The number of fused-ring (bicyclic) bond motifs is 6. The molecular formula is C59H31F6N5. The third-order valence-electron chi connectivity index (χ3n) is 12.9. The second kappa shape index (κ2) is 16.4. The highest BCUT2D eigenvalue weighted by Crippen LogP contribution is 2.45. The minimum absolute atomic E-state index is 0.0955. The van der Waals surface area contributed by atoms with Gasteiger partial charge in [-0.05, 0) is 118 Å². The van der Waals surface area contributed by atoms with Crippen LogP contribution < -0.4 is 0 Å². The van der Waals surface area contributed by atoms with Gasteiger partial charge in [-0.3, -0.25) is 0 Å². The van der Waals surface area contributed by atoms with Gasteiger partial charge >= 0.3 is 12.4 Å². The van der Waals surface area contributed by atoms with Crippen LogP contribution in [-0.2, 0) is 12.4 Å². The number of halogens is 6. The summed E-state index contributed by atoms with van der Waals surface area (Å²) < 4.78 is 90.2. The first-order valence-electron chi connectivity index (χ1n) is 21.9. The number of rotatable bonds is 6. The van der Waals surface area contributed by atoms with Gasteiger partial charge in [-0.1, -0.05) is 103 Å². The molecule has 11 rings (SSSR count). The van der Waals surface area contributed by atoms with Crippen LogP contribution in [0.3, 0.4) is 0 Å². The molecule has 0 saturated carbocycles. The predicted molar refractivity (Wildman–Crippen MR) is 261 cm³/mol. The zero-order valence-corrected chi connectivity index (χ0v) is 36.4. The first-order chi connectivity index (χ1) is 33.8. The summed E-state index contributed by atoms with van der Waals surface area (Å²) >= 11 is 0. The van der Waals surface area contributed by atoms with E-state index in [-0.39, 0.29) is 17.2 Å². The minimum atomic E-state index is -5.08. The van der Waals surface area contributed by atoms with Crippen LogP contribution in [0, 0.1) is 34.0 Å². The van der Waals surface area contributed by atoms with E-state index in [9.17, 15) is 42.1 Å². The Morgan fingerprint density at radius 3 is 1.24 bits per heavy atom. The highest BCUT2D eigenvalue weighted by Gasteiger charge is 2.37. The van der Waals surface area contributed by atoms with Gasteiger partial charge in [-0.25, -0.2) is 0 Å². The Morgan fingerprint density at radius 2 is 0.757 bits per heavy atom. The van der Waals surface area contributed by atoms with E-state index in [0.29, 0.717) is 55.8 Å². The van der Waals surface area contributed by atoms with Crippen molar-refractivity contribution in [2.24, 2.45) is 0 Å². The van der Waals surface area contributed by atoms with Crippen LogP contribution in [0.5, 0.6) is 0 Å². The highest BCUT2D eigenvalue weighted by molar-refractivity contribution is 6.13. The van der Waals surface area contributed by atoms with Crippen LogP contribution in [0.25, 0.3) is 99.5 Å². The average molecular weight is 924 g/mol. The SMILES string of the molecule is N#Cc1ccc(-c2ccc(-c3cc(C(F)(F)F)cc(C(F)(F)F)c3)cc2-n2c3ccccc3c3cc(-c4ccccc4C#N)ccc32)c(-n2c3ccccc3c3cc(-c4ccccc4C#N)ccc32)c1. The molecule has 0 atom stereocenters. The topological polar surface area (TPSA) is 81.2 Å². The first-order valence-corrected chi connectivity index (χ1v) is 21.9. The lowest BCUT2D eigenvalue weighted by Crippen LogP contribution is -2.11. The predicted octanol–water partition coefficient (Wildman–Crippen LogP) is 16.2. The molecule has 0 radical (unpaired) electrons. The van der Waals surface area contributed by atoms with E-state index in [2.05, 4.69) is 18.2 Å². The summed E-state index contributed by atoms with van der Waals surface area (Å²) in [6.45, 7) is 0. The van der Waals surface area contributed by atoms with Crippen molar-refractivity contribution in [2.75, 3.05) is 0 Å². The van der Waals surface area contributed by atoms with Gasteiger partial charge in [0.15, 0.2) is 0 Å². The monoisotopic (exact) mass is 923 g/mol. The molecule has 70 heavy (non-hydrogen) atoms. The molecular weight excluding hydrogens is 893 g/mol. The summed E-state index contributed by atoms with van der Waals surface area (Å²) in [5.74, 6) is 0. The summed E-state index contributed by atoms with van der Waals surface area (Å²) in [6.07, 6.45) is -10.2. The van der Waals surface area contributed by atoms with E-state index in [1.54, 1.807) is 48.5 Å². The maximum Gasteiger partial charge on any atom is 0.416 e. The van der Waals surface area contributed by atoms with Crippen LogP contribution in [0.4, 0.5) is 26.3 Å². The molecule has 11 heteroatoms. The molecule has 0 aliphatic rings. The van der Waals surface area contributed by atoms with E-state index >= 15 is 0 Å². The molecule has 0 spiro atoms. The van der Waals surface area contributed by atoms with Crippen molar-refractivity contribution < 1.29 is 26.3 Å². The lowest BCUT2D eigenvalue weighted by molar-refractivity contribution is -0.143. The number of para-hydroxylation sites is 2. The molecule has 2 heterocycles. The molecule has 0 bridgehead atoms. The molecule has 0 unspecified atom stereocenters. The molecule has 0 amide bonds. The Kier molecular flexibility index (Phi) is 10.2. The fraction of sp³-hybridized carbons (Fsp3) is 0.0339. The van der Waals surface area contributed by atoms with Crippen LogP contribution in [0.2, 0.25) is 0 Å². The number of hydrogen-bond acceptors (Lipinski definition) is 3. The van der Waals surface area contributed by atoms with Crippen molar-refractivity contribution >= 4 is 43.6 Å². The minimum Gasteiger partial charge on any atom is -0.309 e. The van der Waals surface area contributed by atoms with Gasteiger partial charge in [0, 0.05) is 32.7 Å². The first kappa shape index (κ1) is 43.2. The van der Waals surface area contributed by atoms with E-state index in [4.69, 9.17) is 0 Å². The fourth-order valence-electron chi connectivity index (χ4n) is 9.72. The Hall–Kier alpha value is -9.37. The molecule has 2 aromatic heterocycles. The van der Waals surface area contributed by atoms with Crippen LogP contribution in [0.1, 0.15) is 27.8 Å². The van der Waals surface area contributed by atoms with Crippen molar-refractivity contribution in [3.63, 3.8) is 0 Å². The van der Waals surface area contributed by atoms with Gasteiger partial charge in [-0.2, -0.15) is 42.1 Å². The van der Waals surface area contributed by atoms with Gasteiger partial charge in [0.25, 0.3) is 0 Å². The lowest BCUT2D eigenvalue weighted by Gasteiger charge is -2.21. The maximum absolute atomic E-state index is 14.4. The zero-order valence-electron chi connectivity index (χ0n) is 36.4. The standard InChI is InChI=1S/C59H31F6N5/c60-58(61,62)42-26-41(27-43(31-42)59(63,64)65)36-18-22-49(57(30-36)70-53-16-8-6-14-47(53)51-29-38(20-24-55(51)70)45-12-4-2-10-40(45)34-68)48-21-17-35(32-66)25-56(48)69-52-15-7-5-13-46(52)50-28-37(19-23-54(50)69)44-11-3-1-9-39(44)33-67/h1-31H. The molecule has 0 aliphatic carbocycles. The zero-order chi connectivity index (χ0) is 48.5. The van der Waals surface area contributed by atoms with E-state index < -0.39 is 23.5 Å². The summed E-state index contributed by atoms with van der Waals surface area (Å²) in [7, 11) is 0. The van der Waals surface area contributed by atoms with Gasteiger partial charge in [-0.15, -0.1) is 0 Å². The number of nitrogens with zero attached hydrogens (tertiary/aromatic N) is 5. The van der Waals surface area contributed by atoms with Gasteiger partial charge in [0.1, 0.15) is 0 Å². The fourth-order valence-corrected chi connectivity index (χ4v) is 9.72. The van der Waals surface area contributed by atoms with Crippen molar-refractivity contribution in [1.29, 1.82) is 15.8 Å². The van der Waals surface area contributed by atoms with Gasteiger partial charge in [0.05, 0.1) is 79.5 Å². The number of benzene rings is 9. The molecule has 0 saturated heterocycles. The second-order valence-electron chi connectivity index (χ2n) is 16.9. The average Bonchev–Trinajstić information content (AvgIpc) is 3.89. The number of nitriles is 3.